The molecule has 1 saturated heterocycles. The van der Waals surface area contributed by atoms with E-state index in [1.54, 1.807) is 0 Å². The van der Waals surface area contributed by atoms with Gasteiger partial charge < -0.3 is 16.0 Å². The Bertz CT molecular complexity index is 230. The van der Waals surface area contributed by atoms with Crippen molar-refractivity contribution in [3.8, 4) is 0 Å². The van der Waals surface area contributed by atoms with Gasteiger partial charge in [-0.1, -0.05) is 12.8 Å². The second-order valence-electron chi connectivity index (χ2n) is 4.73. The third-order valence-corrected chi connectivity index (χ3v) is 3.81. The van der Waals surface area contributed by atoms with Crippen LogP contribution in [-0.4, -0.2) is 43.5 Å². The number of carbonyl (C=O) groups is 1. The van der Waals surface area contributed by atoms with Gasteiger partial charge in [0.05, 0.1) is 5.41 Å². The van der Waals surface area contributed by atoms with Gasteiger partial charge in [0.2, 0.25) is 5.91 Å². The number of nitrogens with zero attached hydrogens (tertiary/aromatic N) is 1. The van der Waals surface area contributed by atoms with Gasteiger partial charge in [-0.05, 0) is 12.8 Å². The highest BCUT2D eigenvalue weighted by molar-refractivity contribution is 5.83. The first-order chi connectivity index (χ1) is 7.28. The average molecular weight is 211 g/mol. The maximum atomic E-state index is 12.4. The summed E-state index contributed by atoms with van der Waals surface area (Å²) in [6, 6.07) is 0. The summed E-state index contributed by atoms with van der Waals surface area (Å²) in [4.78, 5) is 14.4. The lowest BCUT2D eigenvalue weighted by molar-refractivity contribution is -0.142. The molecule has 2 rings (SSSR count). The molecule has 0 aromatic carbocycles. The molecule has 1 aliphatic heterocycles. The molecule has 2 aliphatic rings. The van der Waals surface area contributed by atoms with E-state index in [1.807, 2.05) is 4.90 Å². The molecular weight excluding hydrogens is 190 g/mol. The van der Waals surface area contributed by atoms with Crippen molar-refractivity contribution in [3.63, 3.8) is 0 Å². The minimum absolute atomic E-state index is 0.211. The summed E-state index contributed by atoms with van der Waals surface area (Å²) in [6.45, 7) is 4.07. The highest BCUT2D eigenvalue weighted by Crippen LogP contribution is 2.38. The smallest absolute Gasteiger partial charge is 0.230 e. The van der Waals surface area contributed by atoms with E-state index in [-0.39, 0.29) is 5.41 Å². The molecule has 15 heavy (non-hydrogen) atoms. The maximum Gasteiger partial charge on any atom is 0.230 e. The summed E-state index contributed by atoms with van der Waals surface area (Å²) in [5, 5.41) is 3.27. The number of hydrogen-bond donors (Lipinski definition) is 2. The molecule has 0 bridgehead atoms. The van der Waals surface area contributed by atoms with Gasteiger partial charge in [0.15, 0.2) is 0 Å². The highest BCUT2D eigenvalue weighted by Gasteiger charge is 2.42. The molecule has 86 valence electrons. The maximum absolute atomic E-state index is 12.4. The SMILES string of the molecule is NCC1(C(=O)N2CCNCC2)CCCC1. The van der Waals surface area contributed by atoms with E-state index in [9.17, 15) is 4.79 Å². The van der Waals surface area contributed by atoms with E-state index in [4.69, 9.17) is 5.73 Å². The lowest BCUT2D eigenvalue weighted by Crippen LogP contribution is -2.53. The van der Waals surface area contributed by atoms with E-state index in [1.165, 1.54) is 0 Å². The van der Waals surface area contributed by atoms with Crippen LogP contribution in [0.3, 0.4) is 0 Å². The Labute approximate surface area is 91.2 Å². The second kappa shape index (κ2) is 4.49. The number of carbonyl (C=O) groups excluding carboxylic acids is 1. The molecular formula is C11H21N3O. The third-order valence-electron chi connectivity index (χ3n) is 3.81. The van der Waals surface area contributed by atoms with Crippen molar-refractivity contribution in [2.24, 2.45) is 11.1 Å². The van der Waals surface area contributed by atoms with Gasteiger partial charge in [-0.3, -0.25) is 4.79 Å². The summed E-state index contributed by atoms with van der Waals surface area (Å²) >= 11 is 0. The van der Waals surface area contributed by atoms with Crippen LogP contribution in [0.5, 0.6) is 0 Å². The molecule has 0 radical (unpaired) electrons. The molecule has 0 atom stereocenters. The van der Waals surface area contributed by atoms with Gasteiger partial charge in [0.1, 0.15) is 0 Å². The molecule has 1 heterocycles. The fraction of sp³-hybridized carbons (Fsp3) is 0.909. The van der Waals surface area contributed by atoms with Crippen LogP contribution in [0.25, 0.3) is 0 Å². The molecule has 0 aromatic rings. The summed E-state index contributed by atoms with van der Waals surface area (Å²) in [5.74, 6) is 0.309. The normalized spacial score (nSPS) is 25.5. The summed E-state index contributed by atoms with van der Waals surface area (Å²) in [5.41, 5.74) is 5.60. The molecule has 1 aliphatic carbocycles. The van der Waals surface area contributed by atoms with Crippen LogP contribution in [0.15, 0.2) is 0 Å². The number of amides is 1. The van der Waals surface area contributed by atoms with E-state index in [2.05, 4.69) is 5.32 Å². The highest BCUT2D eigenvalue weighted by atomic mass is 16.2. The molecule has 1 amide bonds. The second-order valence-corrected chi connectivity index (χ2v) is 4.73. The Hall–Kier alpha value is -0.610. The lowest BCUT2D eigenvalue weighted by atomic mass is 9.84. The van der Waals surface area contributed by atoms with Gasteiger partial charge in [-0.2, -0.15) is 0 Å². The van der Waals surface area contributed by atoms with Crippen molar-refractivity contribution in [2.75, 3.05) is 32.7 Å². The van der Waals surface area contributed by atoms with Crippen molar-refractivity contribution in [2.45, 2.75) is 25.7 Å². The monoisotopic (exact) mass is 211 g/mol. The Morgan fingerprint density at radius 2 is 1.87 bits per heavy atom. The third kappa shape index (κ3) is 2.01. The zero-order chi connectivity index (χ0) is 10.7. The van der Waals surface area contributed by atoms with E-state index in [0.717, 1.165) is 51.9 Å². The van der Waals surface area contributed by atoms with Crippen molar-refractivity contribution >= 4 is 5.91 Å². The number of nitrogens with one attached hydrogen (secondary N) is 1. The Balaban J connectivity index is 2.03. The summed E-state index contributed by atoms with van der Waals surface area (Å²) in [7, 11) is 0. The number of piperazine rings is 1. The zero-order valence-corrected chi connectivity index (χ0v) is 9.30. The Kier molecular flexibility index (Phi) is 3.26. The number of nitrogens with two attached hydrogens (primary N) is 1. The van der Waals surface area contributed by atoms with Crippen molar-refractivity contribution in [1.29, 1.82) is 0 Å². The van der Waals surface area contributed by atoms with E-state index >= 15 is 0 Å². The van der Waals surface area contributed by atoms with Crippen molar-refractivity contribution in [1.82, 2.24) is 10.2 Å². The number of rotatable bonds is 2. The molecule has 3 N–H and O–H groups in total. The van der Waals surface area contributed by atoms with E-state index in [0.29, 0.717) is 12.5 Å². The van der Waals surface area contributed by atoms with E-state index < -0.39 is 0 Å². The Morgan fingerprint density at radius 3 is 2.40 bits per heavy atom. The van der Waals surface area contributed by atoms with Crippen molar-refractivity contribution in [3.05, 3.63) is 0 Å². The largest absolute Gasteiger partial charge is 0.340 e. The molecule has 2 fully saturated rings. The predicted octanol–water partition coefficient (Wildman–Crippen LogP) is -0.0627. The molecule has 1 saturated carbocycles. The molecule has 0 unspecified atom stereocenters. The van der Waals surface area contributed by atoms with Gasteiger partial charge in [-0.15, -0.1) is 0 Å². The average Bonchev–Trinajstić information content (AvgIpc) is 2.79. The fourth-order valence-electron chi connectivity index (χ4n) is 2.76. The first-order valence-electron chi connectivity index (χ1n) is 5.99. The summed E-state index contributed by atoms with van der Waals surface area (Å²) in [6.07, 6.45) is 4.31. The lowest BCUT2D eigenvalue weighted by Gasteiger charge is -2.35. The van der Waals surface area contributed by atoms with Crippen LogP contribution in [0.4, 0.5) is 0 Å². The standard InChI is InChI=1S/C11H21N3O/c12-9-11(3-1-2-4-11)10(15)14-7-5-13-6-8-14/h13H,1-9,12H2. The molecule has 0 aromatic heterocycles. The Morgan fingerprint density at radius 1 is 1.27 bits per heavy atom. The van der Waals surface area contributed by atoms with Gasteiger partial charge in [-0.25, -0.2) is 0 Å². The van der Waals surface area contributed by atoms with Gasteiger partial charge in [0, 0.05) is 32.7 Å². The van der Waals surface area contributed by atoms with Crippen LogP contribution in [0.1, 0.15) is 25.7 Å². The quantitative estimate of drug-likeness (QED) is 0.672. The zero-order valence-electron chi connectivity index (χ0n) is 9.30. The van der Waals surface area contributed by atoms with Gasteiger partial charge >= 0.3 is 0 Å². The minimum atomic E-state index is -0.211. The van der Waals surface area contributed by atoms with Crippen LogP contribution < -0.4 is 11.1 Å². The molecule has 4 heteroatoms. The number of hydrogen-bond acceptors (Lipinski definition) is 3. The summed E-state index contributed by atoms with van der Waals surface area (Å²) < 4.78 is 0. The first kappa shape index (κ1) is 10.9. The topological polar surface area (TPSA) is 58.4 Å². The first-order valence-corrected chi connectivity index (χ1v) is 5.99. The van der Waals surface area contributed by atoms with Crippen molar-refractivity contribution < 1.29 is 4.79 Å². The van der Waals surface area contributed by atoms with Crippen LogP contribution in [0.2, 0.25) is 0 Å². The van der Waals surface area contributed by atoms with Gasteiger partial charge in [0.25, 0.3) is 0 Å². The van der Waals surface area contributed by atoms with Crippen LogP contribution in [0, 0.1) is 5.41 Å². The van der Waals surface area contributed by atoms with Crippen LogP contribution in [-0.2, 0) is 4.79 Å². The minimum Gasteiger partial charge on any atom is -0.340 e. The molecule has 0 spiro atoms. The fourth-order valence-corrected chi connectivity index (χ4v) is 2.76. The predicted molar refractivity (Wildman–Crippen MR) is 59.4 cm³/mol. The van der Waals surface area contributed by atoms with Crippen LogP contribution >= 0.6 is 0 Å². The molecule has 4 nitrogen and oxygen atoms in total.